The van der Waals surface area contributed by atoms with Crippen molar-refractivity contribution in [1.29, 1.82) is 0 Å². The summed E-state index contributed by atoms with van der Waals surface area (Å²) in [4.78, 5) is 28.7. The Morgan fingerprint density at radius 2 is 2.20 bits per heavy atom. The molecule has 3 rings (SSSR count). The van der Waals surface area contributed by atoms with Crippen molar-refractivity contribution in [1.82, 2.24) is 9.80 Å². The average molecular weight is 369 g/mol. The second kappa shape index (κ2) is 7.26. The zero-order valence-corrected chi connectivity index (χ0v) is 15.5. The first-order chi connectivity index (χ1) is 11.9. The van der Waals surface area contributed by atoms with Gasteiger partial charge in [0.1, 0.15) is 5.70 Å². The lowest BCUT2D eigenvalue weighted by molar-refractivity contribution is -0.163. The van der Waals surface area contributed by atoms with E-state index in [9.17, 15) is 19.8 Å². The van der Waals surface area contributed by atoms with E-state index >= 15 is 0 Å². The van der Waals surface area contributed by atoms with Crippen LogP contribution in [0.15, 0.2) is 10.6 Å². The van der Waals surface area contributed by atoms with Crippen LogP contribution in [-0.4, -0.2) is 75.5 Å². The summed E-state index contributed by atoms with van der Waals surface area (Å²) in [6.07, 6.45) is 1.22. The number of β-lactam (4-membered cyclic amide) rings is 1. The van der Waals surface area contributed by atoms with Crippen LogP contribution in [0.25, 0.3) is 0 Å². The molecular formula is C17H27N3O4S. The highest BCUT2D eigenvalue weighted by Gasteiger charge is 2.60. The van der Waals surface area contributed by atoms with Gasteiger partial charge >= 0.3 is 5.97 Å². The van der Waals surface area contributed by atoms with Gasteiger partial charge in [-0.3, -0.25) is 4.79 Å². The van der Waals surface area contributed by atoms with E-state index in [1.807, 2.05) is 6.92 Å². The summed E-state index contributed by atoms with van der Waals surface area (Å²) in [7, 11) is 0. The van der Waals surface area contributed by atoms with Crippen LogP contribution >= 0.6 is 11.8 Å². The first-order valence-corrected chi connectivity index (χ1v) is 9.82. The number of likely N-dealkylation sites (tertiary alicyclic amines) is 1. The zero-order chi connectivity index (χ0) is 18.3. The summed E-state index contributed by atoms with van der Waals surface area (Å²) >= 11 is 1.61. The minimum Gasteiger partial charge on any atom is -0.477 e. The third kappa shape index (κ3) is 3.20. The third-order valence-corrected chi connectivity index (χ3v) is 7.05. The lowest BCUT2D eigenvalue weighted by Crippen LogP contribution is -2.63. The van der Waals surface area contributed by atoms with Crippen molar-refractivity contribution in [3.8, 4) is 0 Å². The minimum atomic E-state index is -1.05. The Labute approximate surface area is 152 Å². The normalized spacial score (nSPS) is 33.6. The van der Waals surface area contributed by atoms with E-state index in [1.54, 1.807) is 18.7 Å². The highest BCUT2D eigenvalue weighted by molar-refractivity contribution is 8.03. The Morgan fingerprint density at radius 3 is 2.80 bits per heavy atom. The highest BCUT2D eigenvalue weighted by Crippen LogP contribution is 2.51. The van der Waals surface area contributed by atoms with Crippen molar-refractivity contribution in [3.05, 3.63) is 10.6 Å². The minimum absolute atomic E-state index is 0.0495. The van der Waals surface area contributed by atoms with Gasteiger partial charge in [0.15, 0.2) is 0 Å². The monoisotopic (exact) mass is 369 g/mol. The van der Waals surface area contributed by atoms with Crippen molar-refractivity contribution in [3.63, 3.8) is 0 Å². The molecule has 8 heteroatoms. The fourth-order valence-electron chi connectivity index (χ4n) is 4.27. The molecule has 0 aromatic heterocycles. The number of nitrogens with two attached hydrogens (primary N) is 1. The second-order valence-electron chi connectivity index (χ2n) is 7.24. The highest BCUT2D eigenvalue weighted by atomic mass is 32.2. The molecule has 2 fully saturated rings. The van der Waals surface area contributed by atoms with Gasteiger partial charge in [0.25, 0.3) is 0 Å². The molecule has 5 atom stereocenters. The smallest absolute Gasteiger partial charge is 0.353 e. The number of rotatable bonds is 7. The van der Waals surface area contributed by atoms with E-state index in [0.29, 0.717) is 11.8 Å². The number of carboxylic acid groups (broad SMARTS) is 1. The SMILES string of the molecule is C[C@@H](O)[C@H]1C(=O)N2C(C(=O)O)=C(SC3CCN(CCCN)C3)[C@H](C)[C@H]12. The molecule has 0 aromatic carbocycles. The standard InChI is InChI=1S/C17H27N3O4S/c1-9-13-12(10(2)21)16(22)20(13)14(17(23)24)15(9)25-11-4-7-19(8-11)6-3-5-18/h9-13,21H,3-8,18H2,1-2H3,(H,23,24)/t9-,10-,11?,12-,13-/m1/s1. The van der Waals surface area contributed by atoms with Gasteiger partial charge in [-0.05, 0) is 39.4 Å². The molecule has 0 aromatic rings. The summed E-state index contributed by atoms with van der Waals surface area (Å²) < 4.78 is 0. The number of amides is 1. The van der Waals surface area contributed by atoms with Gasteiger partial charge < -0.3 is 25.7 Å². The molecule has 4 N–H and O–H groups in total. The maximum atomic E-state index is 12.3. The van der Waals surface area contributed by atoms with Crippen molar-refractivity contribution >= 4 is 23.6 Å². The molecule has 7 nitrogen and oxygen atoms in total. The number of hydrogen-bond donors (Lipinski definition) is 3. The van der Waals surface area contributed by atoms with Gasteiger partial charge in [-0.1, -0.05) is 6.92 Å². The molecule has 0 saturated carbocycles. The lowest BCUT2D eigenvalue weighted by atomic mass is 9.79. The van der Waals surface area contributed by atoms with Crippen LogP contribution in [0.2, 0.25) is 0 Å². The number of carbonyl (C=O) groups is 2. The van der Waals surface area contributed by atoms with Gasteiger partial charge in [-0.25, -0.2) is 4.79 Å². The molecule has 1 amide bonds. The van der Waals surface area contributed by atoms with E-state index in [4.69, 9.17) is 5.73 Å². The fourth-order valence-corrected chi connectivity index (χ4v) is 5.79. The van der Waals surface area contributed by atoms with E-state index < -0.39 is 18.0 Å². The predicted molar refractivity (Wildman–Crippen MR) is 95.7 cm³/mol. The molecule has 140 valence electrons. The van der Waals surface area contributed by atoms with Crippen molar-refractivity contribution < 1.29 is 19.8 Å². The van der Waals surface area contributed by atoms with Gasteiger partial charge in [-0.15, -0.1) is 11.8 Å². The van der Waals surface area contributed by atoms with Crippen LogP contribution in [0.5, 0.6) is 0 Å². The Bertz CT molecular complexity index is 594. The van der Waals surface area contributed by atoms with E-state index in [0.717, 1.165) is 37.4 Å². The van der Waals surface area contributed by atoms with Crippen molar-refractivity contribution in [2.75, 3.05) is 26.2 Å². The molecule has 0 bridgehead atoms. The number of hydrogen-bond acceptors (Lipinski definition) is 6. The second-order valence-corrected chi connectivity index (χ2v) is 8.59. The first kappa shape index (κ1) is 18.7. The Balaban J connectivity index is 1.74. The molecule has 0 aliphatic carbocycles. The number of aliphatic hydroxyl groups is 1. The topological polar surface area (TPSA) is 107 Å². The summed E-state index contributed by atoms with van der Waals surface area (Å²) in [5, 5.41) is 19.9. The summed E-state index contributed by atoms with van der Waals surface area (Å²) in [5.74, 6) is -1.86. The number of thioether (sulfide) groups is 1. The third-order valence-electron chi connectivity index (χ3n) is 5.51. The van der Waals surface area contributed by atoms with Crippen LogP contribution in [-0.2, 0) is 9.59 Å². The average Bonchev–Trinajstić information content (AvgIpc) is 3.08. The zero-order valence-electron chi connectivity index (χ0n) is 14.7. The van der Waals surface area contributed by atoms with E-state index in [-0.39, 0.29) is 23.6 Å². The fraction of sp³-hybridized carbons (Fsp3) is 0.765. The summed E-state index contributed by atoms with van der Waals surface area (Å²) in [6, 6.07) is -0.226. The predicted octanol–water partition coefficient (Wildman–Crippen LogP) is 0.296. The van der Waals surface area contributed by atoms with Gasteiger partial charge in [-0.2, -0.15) is 0 Å². The number of carboxylic acids is 1. The van der Waals surface area contributed by atoms with Crippen LogP contribution in [0, 0.1) is 11.8 Å². The quantitative estimate of drug-likeness (QED) is 0.554. The molecule has 3 aliphatic rings. The van der Waals surface area contributed by atoms with Crippen LogP contribution < -0.4 is 5.73 Å². The molecule has 25 heavy (non-hydrogen) atoms. The maximum absolute atomic E-state index is 12.3. The summed E-state index contributed by atoms with van der Waals surface area (Å²) in [6.45, 7) is 7.16. The Kier molecular flexibility index (Phi) is 5.43. The van der Waals surface area contributed by atoms with Gasteiger partial charge in [0.2, 0.25) is 5.91 Å². The van der Waals surface area contributed by atoms with Crippen LogP contribution in [0.1, 0.15) is 26.7 Å². The van der Waals surface area contributed by atoms with E-state index in [2.05, 4.69) is 4.90 Å². The lowest BCUT2D eigenvalue weighted by Gasteiger charge is -2.46. The molecular weight excluding hydrogens is 342 g/mol. The number of aliphatic hydroxyl groups excluding tert-OH is 1. The molecule has 2 saturated heterocycles. The number of nitrogens with zero attached hydrogens (tertiary/aromatic N) is 2. The largest absolute Gasteiger partial charge is 0.477 e. The molecule has 3 aliphatic heterocycles. The Morgan fingerprint density at radius 1 is 1.48 bits per heavy atom. The molecule has 0 radical (unpaired) electrons. The molecule has 3 heterocycles. The number of fused-ring (bicyclic) bond motifs is 1. The maximum Gasteiger partial charge on any atom is 0.353 e. The molecule has 1 unspecified atom stereocenters. The number of carbonyl (C=O) groups excluding carboxylic acids is 1. The van der Waals surface area contributed by atoms with Crippen LogP contribution in [0.3, 0.4) is 0 Å². The summed E-state index contributed by atoms with van der Waals surface area (Å²) in [5.41, 5.74) is 5.70. The van der Waals surface area contributed by atoms with Crippen molar-refractivity contribution in [2.24, 2.45) is 17.6 Å². The van der Waals surface area contributed by atoms with Gasteiger partial charge in [0, 0.05) is 22.6 Å². The number of aliphatic carboxylic acids is 1. The molecule has 0 spiro atoms. The van der Waals surface area contributed by atoms with E-state index in [1.165, 1.54) is 4.90 Å². The van der Waals surface area contributed by atoms with Crippen molar-refractivity contribution in [2.45, 2.75) is 44.1 Å². The van der Waals surface area contributed by atoms with Crippen LogP contribution in [0.4, 0.5) is 0 Å². The first-order valence-electron chi connectivity index (χ1n) is 8.94. The van der Waals surface area contributed by atoms with Gasteiger partial charge in [0.05, 0.1) is 18.1 Å². The Hall–Kier alpha value is -1.09.